The van der Waals surface area contributed by atoms with Crippen LogP contribution in [0.4, 0.5) is 0 Å². The minimum absolute atomic E-state index is 0.574. The molecule has 0 aliphatic rings. The maximum absolute atomic E-state index is 5.18. The molecule has 0 saturated heterocycles. The molecule has 0 aliphatic heterocycles. The molecule has 0 aliphatic carbocycles. The van der Waals surface area contributed by atoms with Crippen molar-refractivity contribution in [3.63, 3.8) is 0 Å². The van der Waals surface area contributed by atoms with Crippen LogP contribution in [0.25, 0.3) is 0 Å². The van der Waals surface area contributed by atoms with E-state index in [0.29, 0.717) is 13.2 Å². The zero-order valence-corrected chi connectivity index (χ0v) is 19.1. The van der Waals surface area contributed by atoms with Crippen molar-refractivity contribution >= 4 is 0 Å². The normalized spacial score (nSPS) is 10.9. The van der Waals surface area contributed by atoms with Gasteiger partial charge >= 0.3 is 0 Å². The van der Waals surface area contributed by atoms with Crippen molar-refractivity contribution in [1.29, 1.82) is 0 Å². The smallest absolute Gasteiger partial charge is 0.118 e. The SMILES string of the molecule is COc1ccc(CCCCCCOOOCCCCCCc2ccc(OC)cc2)cc1. The lowest BCUT2D eigenvalue weighted by Gasteiger charge is -2.05. The lowest BCUT2D eigenvalue weighted by atomic mass is 10.1. The van der Waals surface area contributed by atoms with E-state index in [4.69, 9.17) is 24.3 Å². The summed E-state index contributed by atoms with van der Waals surface area (Å²) in [5.41, 5.74) is 2.71. The number of unbranched alkanes of at least 4 members (excludes halogenated alkanes) is 6. The Labute approximate surface area is 187 Å². The second-order valence-corrected chi connectivity index (χ2v) is 7.74. The second-order valence-electron chi connectivity index (χ2n) is 7.74. The molecule has 0 amide bonds. The summed E-state index contributed by atoms with van der Waals surface area (Å²) in [6, 6.07) is 16.6. The van der Waals surface area contributed by atoms with Crippen molar-refractivity contribution < 1.29 is 24.3 Å². The van der Waals surface area contributed by atoms with Gasteiger partial charge in [0.15, 0.2) is 0 Å². The highest BCUT2D eigenvalue weighted by atomic mass is 17.5. The highest BCUT2D eigenvalue weighted by Gasteiger charge is 1.98. The molecular weight excluding hydrogens is 392 g/mol. The monoisotopic (exact) mass is 430 g/mol. The van der Waals surface area contributed by atoms with Crippen molar-refractivity contribution in [2.75, 3.05) is 27.4 Å². The summed E-state index contributed by atoms with van der Waals surface area (Å²) in [6.07, 6.45) is 11.2. The van der Waals surface area contributed by atoms with Crippen molar-refractivity contribution in [2.45, 2.75) is 64.2 Å². The molecular formula is C26H38O5. The van der Waals surface area contributed by atoms with E-state index >= 15 is 0 Å². The largest absolute Gasteiger partial charge is 0.497 e. The molecule has 2 aromatic rings. The fourth-order valence-electron chi connectivity index (χ4n) is 3.37. The summed E-state index contributed by atoms with van der Waals surface area (Å²) in [5, 5.41) is 4.81. The highest BCUT2D eigenvalue weighted by molar-refractivity contribution is 5.27. The van der Waals surface area contributed by atoms with Gasteiger partial charge in [0.25, 0.3) is 0 Å². The predicted octanol–water partition coefficient (Wildman–Crippen LogP) is 6.49. The van der Waals surface area contributed by atoms with Crippen molar-refractivity contribution in [3.05, 3.63) is 59.7 Å². The molecule has 0 N–H and O–H groups in total. The van der Waals surface area contributed by atoms with Gasteiger partial charge in [-0.1, -0.05) is 55.0 Å². The summed E-state index contributed by atoms with van der Waals surface area (Å²) < 4.78 is 10.4. The molecule has 0 atom stereocenters. The predicted molar refractivity (Wildman–Crippen MR) is 123 cm³/mol. The Balaban J connectivity index is 1.30. The van der Waals surface area contributed by atoms with Crippen LogP contribution < -0.4 is 9.47 Å². The molecule has 0 heterocycles. The van der Waals surface area contributed by atoms with Crippen LogP contribution in [0.2, 0.25) is 0 Å². The first-order chi connectivity index (χ1) is 15.3. The fourth-order valence-corrected chi connectivity index (χ4v) is 3.37. The van der Waals surface area contributed by atoms with Gasteiger partial charge in [-0.15, -0.1) is 0 Å². The third-order valence-electron chi connectivity index (χ3n) is 5.30. The molecule has 0 aromatic heterocycles. The average molecular weight is 431 g/mol. The van der Waals surface area contributed by atoms with Gasteiger partial charge in [-0.2, -0.15) is 0 Å². The Bertz CT molecular complexity index is 610. The molecule has 172 valence electrons. The number of aryl methyl sites for hydroxylation is 2. The molecule has 2 aromatic carbocycles. The average Bonchev–Trinajstić information content (AvgIpc) is 2.82. The van der Waals surface area contributed by atoms with Crippen LogP contribution in [0.1, 0.15) is 62.5 Å². The molecule has 2 rings (SSSR count). The first-order valence-corrected chi connectivity index (χ1v) is 11.5. The number of rotatable bonds is 18. The van der Waals surface area contributed by atoms with Crippen LogP contribution in [-0.2, 0) is 27.7 Å². The summed E-state index contributed by atoms with van der Waals surface area (Å²) >= 11 is 0. The van der Waals surface area contributed by atoms with Crippen LogP contribution in [0.15, 0.2) is 48.5 Å². The maximum atomic E-state index is 5.18. The van der Waals surface area contributed by atoms with Crippen LogP contribution in [-0.4, -0.2) is 27.4 Å². The first-order valence-electron chi connectivity index (χ1n) is 11.5. The van der Waals surface area contributed by atoms with Gasteiger partial charge in [0.05, 0.1) is 27.4 Å². The van der Waals surface area contributed by atoms with Crippen LogP contribution in [0, 0.1) is 0 Å². The van der Waals surface area contributed by atoms with Gasteiger partial charge in [0.2, 0.25) is 0 Å². The second kappa shape index (κ2) is 16.6. The van der Waals surface area contributed by atoms with E-state index in [1.165, 1.54) is 36.8 Å². The number of methoxy groups -OCH3 is 2. The van der Waals surface area contributed by atoms with Gasteiger partial charge in [0.1, 0.15) is 11.5 Å². The highest BCUT2D eigenvalue weighted by Crippen LogP contribution is 2.15. The number of hydrogen-bond acceptors (Lipinski definition) is 5. The van der Waals surface area contributed by atoms with Crippen molar-refractivity contribution in [3.8, 4) is 11.5 Å². The third-order valence-corrected chi connectivity index (χ3v) is 5.30. The summed E-state index contributed by atoms with van der Waals surface area (Å²) in [4.78, 5) is 10.2. The molecule has 0 unspecified atom stereocenters. The van der Waals surface area contributed by atoms with Gasteiger partial charge in [0, 0.05) is 0 Å². The van der Waals surface area contributed by atoms with Crippen LogP contribution >= 0.6 is 0 Å². The first kappa shape index (κ1) is 25.2. The molecule has 31 heavy (non-hydrogen) atoms. The molecule has 0 radical (unpaired) electrons. The number of ether oxygens (including phenoxy) is 2. The molecule has 0 spiro atoms. The van der Waals surface area contributed by atoms with E-state index in [2.05, 4.69) is 24.3 Å². The molecule has 0 fully saturated rings. The summed E-state index contributed by atoms with van der Waals surface area (Å²) in [5.74, 6) is 1.82. The fraction of sp³-hybridized carbons (Fsp3) is 0.538. The topological polar surface area (TPSA) is 46.2 Å². The van der Waals surface area contributed by atoms with E-state index in [0.717, 1.165) is 50.0 Å². The lowest BCUT2D eigenvalue weighted by molar-refractivity contribution is -0.512. The Kier molecular flexibility index (Phi) is 13.5. The summed E-state index contributed by atoms with van der Waals surface area (Å²) in [6.45, 7) is 1.15. The molecule has 0 saturated carbocycles. The van der Waals surface area contributed by atoms with Gasteiger partial charge in [-0.25, -0.2) is 9.78 Å². The van der Waals surface area contributed by atoms with Crippen LogP contribution in [0.5, 0.6) is 11.5 Å². The maximum Gasteiger partial charge on any atom is 0.118 e. The van der Waals surface area contributed by atoms with Gasteiger partial charge in [-0.05, 0) is 73.9 Å². The molecule has 5 nitrogen and oxygen atoms in total. The Hall–Kier alpha value is -2.08. The van der Waals surface area contributed by atoms with E-state index < -0.39 is 0 Å². The van der Waals surface area contributed by atoms with Gasteiger partial charge in [-0.3, -0.25) is 0 Å². The molecule has 0 bridgehead atoms. The number of hydrogen-bond donors (Lipinski definition) is 0. The standard InChI is InChI=1S/C26H38O5/c1-27-25-17-13-23(14-18-25)11-7-3-5-9-21-29-31-30-22-10-6-4-8-12-24-15-19-26(28-2)20-16-24/h13-20H,3-12,21-22H2,1-2H3. The lowest BCUT2D eigenvalue weighted by Crippen LogP contribution is -2.00. The zero-order valence-electron chi connectivity index (χ0n) is 19.1. The van der Waals surface area contributed by atoms with Gasteiger partial charge < -0.3 is 9.47 Å². The number of benzene rings is 2. The van der Waals surface area contributed by atoms with E-state index in [1.54, 1.807) is 14.2 Å². The van der Waals surface area contributed by atoms with E-state index in [9.17, 15) is 0 Å². The zero-order chi connectivity index (χ0) is 22.0. The minimum Gasteiger partial charge on any atom is -0.497 e. The Morgan fingerprint density at radius 1 is 0.484 bits per heavy atom. The summed E-state index contributed by atoms with van der Waals surface area (Å²) in [7, 11) is 3.39. The van der Waals surface area contributed by atoms with Crippen molar-refractivity contribution in [2.24, 2.45) is 0 Å². The van der Waals surface area contributed by atoms with E-state index in [1.807, 2.05) is 24.3 Å². The molecule has 5 heteroatoms. The van der Waals surface area contributed by atoms with Crippen LogP contribution in [0.3, 0.4) is 0 Å². The minimum atomic E-state index is 0.574. The van der Waals surface area contributed by atoms with Crippen molar-refractivity contribution in [1.82, 2.24) is 0 Å². The van der Waals surface area contributed by atoms with E-state index in [-0.39, 0.29) is 0 Å². The Morgan fingerprint density at radius 3 is 1.26 bits per heavy atom. The quantitative estimate of drug-likeness (QED) is 0.154. The Morgan fingerprint density at radius 2 is 0.871 bits per heavy atom. The third kappa shape index (κ3) is 11.8.